The van der Waals surface area contributed by atoms with Crippen LogP contribution in [0.25, 0.3) is 11.3 Å². The Morgan fingerprint density at radius 3 is 2.33 bits per heavy atom. The van der Waals surface area contributed by atoms with Crippen LogP contribution in [0.15, 0.2) is 36.7 Å². The van der Waals surface area contributed by atoms with Gasteiger partial charge in [0.25, 0.3) is 0 Å². The summed E-state index contributed by atoms with van der Waals surface area (Å²) in [6.45, 7) is 12.4. The van der Waals surface area contributed by atoms with Crippen molar-refractivity contribution in [3.05, 3.63) is 47.9 Å². The Morgan fingerprint density at radius 2 is 1.71 bits per heavy atom. The van der Waals surface area contributed by atoms with Gasteiger partial charge in [0.2, 0.25) is 0 Å². The van der Waals surface area contributed by atoms with Crippen LogP contribution in [0.4, 0.5) is 0 Å². The van der Waals surface area contributed by atoms with Crippen LogP contribution in [0.5, 0.6) is 0 Å². The minimum atomic E-state index is 0.492. The number of likely N-dealkylation sites (tertiary alicyclic amines) is 1. The van der Waals surface area contributed by atoms with Crippen molar-refractivity contribution >= 4 is 0 Å². The van der Waals surface area contributed by atoms with Gasteiger partial charge in [-0.05, 0) is 48.9 Å². The van der Waals surface area contributed by atoms with Crippen LogP contribution >= 0.6 is 0 Å². The van der Waals surface area contributed by atoms with Gasteiger partial charge in [0.05, 0.1) is 11.4 Å². The number of rotatable bonds is 4. The van der Waals surface area contributed by atoms with E-state index in [2.05, 4.69) is 72.9 Å². The standard InChI is InChI=1S/C21H29N3/c1-16(2)17-5-7-18(8-6-17)20-13-19(22-15-23-20)14-24-11-9-21(3,4)10-12-24/h5-8,13,15-16H,9-12,14H2,1-4H3. The van der Waals surface area contributed by atoms with Crippen LogP contribution < -0.4 is 0 Å². The number of hydrogen-bond donors (Lipinski definition) is 0. The molecule has 0 amide bonds. The third-order valence-electron chi connectivity index (χ3n) is 5.19. The van der Waals surface area contributed by atoms with Crippen LogP contribution in [-0.4, -0.2) is 28.0 Å². The van der Waals surface area contributed by atoms with Gasteiger partial charge in [0.1, 0.15) is 6.33 Å². The first-order valence-electron chi connectivity index (χ1n) is 9.07. The summed E-state index contributed by atoms with van der Waals surface area (Å²) in [4.78, 5) is 11.5. The minimum absolute atomic E-state index is 0.492. The van der Waals surface area contributed by atoms with Gasteiger partial charge in [-0.25, -0.2) is 9.97 Å². The van der Waals surface area contributed by atoms with Crippen molar-refractivity contribution in [2.45, 2.75) is 53.0 Å². The summed E-state index contributed by atoms with van der Waals surface area (Å²) in [5.41, 5.74) is 5.16. The molecule has 0 saturated carbocycles. The zero-order valence-electron chi connectivity index (χ0n) is 15.4. The van der Waals surface area contributed by atoms with E-state index in [-0.39, 0.29) is 0 Å². The van der Waals surface area contributed by atoms with Crippen molar-refractivity contribution in [1.82, 2.24) is 14.9 Å². The zero-order valence-corrected chi connectivity index (χ0v) is 15.4. The molecule has 1 fully saturated rings. The molecule has 2 heterocycles. The van der Waals surface area contributed by atoms with Crippen LogP contribution in [-0.2, 0) is 6.54 Å². The maximum Gasteiger partial charge on any atom is 0.116 e. The Labute approximate surface area is 146 Å². The van der Waals surface area contributed by atoms with Crippen molar-refractivity contribution < 1.29 is 0 Å². The van der Waals surface area contributed by atoms with Crippen molar-refractivity contribution in [1.29, 1.82) is 0 Å². The minimum Gasteiger partial charge on any atom is -0.297 e. The molecule has 0 N–H and O–H groups in total. The molecule has 3 nitrogen and oxygen atoms in total. The highest BCUT2D eigenvalue weighted by Crippen LogP contribution is 2.30. The molecule has 2 aromatic rings. The summed E-state index contributed by atoms with van der Waals surface area (Å²) in [6.07, 6.45) is 4.23. The first-order valence-corrected chi connectivity index (χ1v) is 9.07. The molecule has 128 valence electrons. The van der Waals surface area contributed by atoms with Gasteiger partial charge in [0, 0.05) is 12.1 Å². The lowest BCUT2D eigenvalue weighted by Crippen LogP contribution is -2.36. The average molecular weight is 323 g/mol. The SMILES string of the molecule is CC(C)c1ccc(-c2cc(CN3CCC(C)(C)CC3)ncn2)cc1. The van der Waals surface area contributed by atoms with Crippen LogP contribution in [0.3, 0.4) is 0 Å². The third kappa shape index (κ3) is 4.21. The van der Waals surface area contributed by atoms with E-state index in [1.807, 2.05) is 0 Å². The largest absolute Gasteiger partial charge is 0.297 e. The molecule has 1 aromatic carbocycles. The van der Waals surface area contributed by atoms with E-state index >= 15 is 0 Å². The van der Waals surface area contributed by atoms with E-state index in [1.165, 1.54) is 24.0 Å². The first-order chi connectivity index (χ1) is 11.4. The van der Waals surface area contributed by atoms with E-state index in [4.69, 9.17) is 0 Å². The third-order valence-corrected chi connectivity index (χ3v) is 5.19. The predicted molar refractivity (Wildman–Crippen MR) is 99.8 cm³/mol. The second kappa shape index (κ2) is 7.02. The lowest BCUT2D eigenvalue weighted by molar-refractivity contribution is 0.126. The fourth-order valence-corrected chi connectivity index (χ4v) is 3.23. The Kier molecular flexibility index (Phi) is 5.00. The number of nitrogens with zero attached hydrogens (tertiary/aromatic N) is 3. The van der Waals surface area contributed by atoms with Crippen LogP contribution in [0, 0.1) is 5.41 Å². The topological polar surface area (TPSA) is 29.0 Å². The highest BCUT2D eigenvalue weighted by Gasteiger charge is 2.25. The van der Waals surface area contributed by atoms with E-state index in [0.717, 1.165) is 31.0 Å². The molecule has 3 heteroatoms. The molecule has 1 saturated heterocycles. The monoisotopic (exact) mass is 323 g/mol. The Bertz CT molecular complexity index is 664. The van der Waals surface area contributed by atoms with Gasteiger partial charge in [-0.3, -0.25) is 4.90 Å². The van der Waals surface area contributed by atoms with Crippen LogP contribution in [0.2, 0.25) is 0 Å². The predicted octanol–water partition coefficient (Wildman–Crippen LogP) is 4.89. The van der Waals surface area contributed by atoms with Crippen molar-refractivity contribution in [2.75, 3.05) is 13.1 Å². The second-order valence-electron chi connectivity index (χ2n) is 8.11. The Hall–Kier alpha value is -1.74. The number of piperidine rings is 1. The van der Waals surface area contributed by atoms with Gasteiger partial charge in [-0.1, -0.05) is 52.0 Å². The molecule has 0 bridgehead atoms. The summed E-state index contributed by atoms with van der Waals surface area (Å²) in [6, 6.07) is 10.9. The highest BCUT2D eigenvalue weighted by molar-refractivity contribution is 5.59. The van der Waals surface area contributed by atoms with E-state index in [1.54, 1.807) is 6.33 Å². The molecule has 1 aromatic heterocycles. The molecule has 3 rings (SSSR count). The van der Waals surface area contributed by atoms with Crippen molar-refractivity contribution in [3.63, 3.8) is 0 Å². The van der Waals surface area contributed by atoms with Crippen molar-refractivity contribution in [2.24, 2.45) is 5.41 Å². The fraction of sp³-hybridized carbons (Fsp3) is 0.524. The zero-order chi connectivity index (χ0) is 17.2. The Morgan fingerprint density at radius 1 is 1.04 bits per heavy atom. The summed E-state index contributed by atoms with van der Waals surface area (Å²) < 4.78 is 0. The van der Waals surface area contributed by atoms with Crippen molar-refractivity contribution in [3.8, 4) is 11.3 Å². The maximum atomic E-state index is 4.49. The van der Waals surface area contributed by atoms with Gasteiger partial charge in [0.15, 0.2) is 0 Å². The average Bonchev–Trinajstić information content (AvgIpc) is 2.57. The highest BCUT2D eigenvalue weighted by atomic mass is 15.1. The summed E-state index contributed by atoms with van der Waals surface area (Å²) in [5, 5.41) is 0. The molecule has 0 aliphatic carbocycles. The second-order valence-corrected chi connectivity index (χ2v) is 8.11. The molecule has 1 aliphatic heterocycles. The molecule has 0 radical (unpaired) electrons. The maximum absolute atomic E-state index is 4.49. The first kappa shape index (κ1) is 17.1. The number of benzene rings is 1. The smallest absolute Gasteiger partial charge is 0.116 e. The van der Waals surface area contributed by atoms with Gasteiger partial charge < -0.3 is 0 Å². The molecular weight excluding hydrogens is 294 g/mol. The molecular formula is C21H29N3. The fourth-order valence-electron chi connectivity index (χ4n) is 3.23. The normalized spacial score (nSPS) is 18.0. The number of aromatic nitrogens is 2. The van der Waals surface area contributed by atoms with E-state index < -0.39 is 0 Å². The van der Waals surface area contributed by atoms with E-state index in [0.29, 0.717) is 11.3 Å². The number of hydrogen-bond acceptors (Lipinski definition) is 3. The van der Waals surface area contributed by atoms with E-state index in [9.17, 15) is 0 Å². The quantitative estimate of drug-likeness (QED) is 0.802. The Balaban J connectivity index is 1.70. The molecule has 24 heavy (non-hydrogen) atoms. The molecule has 0 atom stereocenters. The lowest BCUT2D eigenvalue weighted by Gasteiger charge is -2.36. The van der Waals surface area contributed by atoms with Gasteiger partial charge >= 0.3 is 0 Å². The lowest BCUT2D eigenvalue weighted by atomic mass is 9.83. The summed E-state index contributed by atoms with van der Waals surface area (Å²) in [7, 11) is 0. The van der Waals surface area contributed by atoms with Crippen LogP contribution in [0.1, 0.15) is 57.7 Å². The van der Waals surface area contributed by atoms with Gasteiger partial charge in [-0.2, -0.15) is 0 Å². The molecule has 0 unspecified atom stereocenters. The molecule has 1 aliphatic rings. The molecule has 0 spiro atoms. The summed E-state index contributed by atoms with van der Waals surface area (Å²) >= 11 is 0. The summed E-state index contributed by atoms with van der Waals surface area (Å²) in [5.74, 6) is 0.559. The van der Waals surface area contributed by atoms with Gasteiger partial charge in [-0.15, -0.1) is 0 Å².